The van der Waals surface area contributed by atoms with Gasteiger partial charge < -0.3 is 15.6 Å². The van der Waals surface area contributed by atoms with E-state index in [0.717, 1.165) is 23.8 Å². The highest BCUT2D eigenvalue weighted by atomic mass is 32.1. The maximum atomic E-state index is 5.51. The molecule has 0 aliphatic heterocycles. The number of nitrogens with two attached hydrogens (primary N) is 1. The lowest BCUT2D eigenvalue weighted by atomic mass is 10.1. The van der Waals surface area contributed by atoms with Gasteiger partial charge in [-0.1, -0.05) is 0 Å². The van der Waals surface area contributed by atoms with Gasteiger partial charge in [0.1, 0.15) is 5.01 Å². The standard InChI is InChI=1S/C12H19N5S/c1-12(2,11-14-4-6-18-11)16-7-10-8-17(5-3-13)9-15-10/h4,6,8-9,16H,3,5,7,13H2,1-2H3. The number of imidazole rings is 1. The van der Waals surface area contributed by atoms with Crippen LogP contribution in [0.1, 0.15) is 24.5 Å². The zero-order valence-electron chi connectivity index (χ0n) is 10.8. The van der Waals surface area contributed by atoms with Gasteiger partial charge >= 0.3 is 0 Å². The Balaban J connectivity index is 1.94. The van der Waals surface area contributed by atoms with Crippen molar-refractivity contribution in [2.45, 2.75) is 32.5 Å². The quantitative estimate of drug-likeness (QED) is 0.826. The van der Waals surface area contributed by atoms with Gasteiger partial charge in [-0.05, 0) is 13.8 Å². The second kappa shape index (κ2) is 5.60. The summed E-state index contributed by atoms with van der Waals surface area (Å²) in [5.74, 6) is 0. The van der Waals surface area contributed by atoms with Crippen LogP contribution in [0, 0.1) is 0 Å². The van der Waals surface area contributed by atoms with Gasteiger partial charge in [-0.25, -0.2) is 9.97 Å². The molecule has 0 radical (unpaired) electrons. The average molecular weight is 265 g/mol. The van der Waals surface area contributed by atoms with Crippen LogP contribution in [0.2, 0.25) is 0 Å². The molecule has 0 saturated heterocycles. The van der Waals surface area contributed by atoms with Gasteiger partial charge in [0.25, 0.3) is 0 Å². The number of thiazole rings is 1. The molecule has 98 valence electrons. The van der Waals surface area contributed by atoms with E-state index in [-0.39, 0.29) is 5.54 Å². The lowest BCUT2D eigenvalue weighted by molar-refractivity contribution is 0.397. The van der Waals surface area contributed by atoms with Crippen molar-refractivity contribution in [2.75, 3.05) is 6.54 Å². The molecule has 2 heterocycles. The molecule has 3 N–H and O–H groups in total. The molecule has 0 amide bonds. The smallest absolute Gasteiger partial charge is 0.112 e. The molecule has 0 bridgehead atoms. The van der Waals surface area contributed by atoms with Crippen LogP contribution in [0.15, 0.2) is 24.1 Å². The zero-order chi connectivity index (χ0) is 13.0. The molecule has 2 rings (SSSR count). The Labute approximate surface area is 111 Å². The molecule has 0 aliphatic rings. The Morgan fingerprint density at radius 2 is 2.28 bits per heavy atom. The Bertz CT molecular complexity index is 474. The second-order valence-corrected chi connectivity index (χ2v) is 5.60. The van der Waals surface area contributed by atoms with E-state index in [1.807, 2.05) is 28.7 Å². The van der Waals surface area contributed by atoms with Crippen LogP contribution in [0.4, 0.5) is 0 Å². The molecule has 0 fully saturated rings. The van der Waals surface area contributed by atoms with Crippen LogP contribution in [-0.4, -0.2) is 21.1 Å². The van der Waals surface area contributed by atoms with E-state index in [4.69, 9.17) is 5.73 Å². The van der Waals surface area contributed by atoms with Gasteiger partial charge in [0, 0.05) is 37.4 Å². The molecule has 0 aliphatic carbocycles. The summed E-state index contributed by atoms with van der Waals surface area (Å²) in [6.45, 7) is 6.42. The van der Waals surface area contributed by atoms with Crippen LogP contribution in [0.25, 0.3) is 0 Å². The maximum absolute atomic E-state index is 5.51. The third-order valence-electron chi connectivity index (χ3n) is 2.75. The first-order valence-corrected chi connectivity index (χ1v) is 6.85. The first-order valence-electron chi connectivity index (χ1n) is 5.97. The SMILES string of the molecule is CC(C)(NCc1cn(CCN)cn1)c1nccs1. The predicted molar refractivity (Wildman–Crippen MR) is 73.3 cm³/mol. The van der Waals surface area contributed by atoms with Crippen molar-refractivity contribution >= 4 is 11.3 Å². The number of hydrogen-bond donors (Lipinski definition) is 2. The van der Waals surface area contributed by atoms with Crippen molar-refractivity contribution in [1.29, 1.82) is 0 Å². The van der Waals surface area contributed by atoms with Gasteiger partial charge in [-0.15, -0.1) is 11.3 Å². The van der Waals surface area contributed by atoms with Crippen LogP contribution >= 0.6 is 11.3 Å². The van der Waals surface area contributed by atoms with Gasteiger partial charge in [0.05, 0.1) is 17.6 Å². The summed E-state index contributed by atoms with van der Waals surface area (Å²) in [5, 5.41) is 6.56. The number of nitrogens with zero attached hydrogens (tertiary/aromatic N) is 3. The van der Waals surface area contributed by atoms with Gasteiger partial charge in [-0.2, -0.15) is 0 Å². The first-order chi connectivity index (χ1) is 8.62. The Morgan fingerprint density at radius 3 is 2.94 bits per heavy atom. The van der Waals surface area contributed by atoms with Gasteiger partial charge in [0.2, 0.25) is 0 Å². The number of hydrogen-bond acceptors (Lipinski definition) is 5. The minimum Gasteiger partial charge on any atom is -0.336 e. The summed E-state index contributed by atoms with van der Waals surface area (Å²) >= 11 is 1.66. The van der Waals surface area contributed by atoms with Crippen molar-refractivity contribution in [3.63, 3.8) is 0 Å². The summed E-state index contributed by atoms with van der Waals surface area (Å²) in [6, 6.07) is 0. The fourth-order valence-electron chi connectivity index (χ4n) is 1.69. The van der Waals surface area contributed by atoms with Crippen molar-refractivity contribution in [1.82, 2.24) is 19.9 Å². The molecule has 0 aromatic carbocycles. The number of rotatable bonds is 6. The zero-order valence-corrected chi connectivity index (χ0v) is 11.6. The third kappa shape index (κ3) is 3.16. The van der Waals surface area contributed by atoms with Crippen molar-refractivity contribution in [2.24, 2.45) is 5.73 Å². The summed E-state index contributed by atoms with van der Waals surface area (Å²) < 4.78 is 2.01. The summed E-state index contributed by atoms with van der Waals surface area (Å²) in [7, 11) is 0. The van der Waals surface area contributed by atoms with E-state index in [9.17, 15) is 0 Å². The lowest BCUT2D eigenvalue weighted by Crippen LogP contribution is -2.35. The molecule has 2 aromatic heterocycles. The summed E-state index contributed by atoms with van der Waals surface area (Å²) in [4.78, 5) is 8.70. The van der Waals surface area contributed by atoms with Crippen LogP contribution in [0.5, 0.6) is 0 Å². The molecule has 18 heavy (non-hydrogen) atoms. The van der Waals surface area contributed by atoms with Crippen molar-refractivity contribution in [3.05, 3.63) is 34.8 Å². The van der Waals surface area contributed by atoms with E-state index in [2.05, 4.69) is 29.1 Å². The third-order valence-corrected chi connectivity index (χ3v) is 3.85. The molecule has 2 aromatic rings. The van der Waals surface area contributed by atoms with E-state index >= 15 is 0 Å². The van der Waals surface area contributed by atoms with E-state index in [1.165, 1.54) is 0 Å². The van der Waals surface area contributed by atoms with Crippen LogP contribution < -0.4 is 11.1 Å². The predicted octanol–water partition coefficient (Wildman–Crippen LogP) is 1.32. The van der Waals surface area contributed by atoms with Crippen molar-refractivity contribution < 1.29 is 0 Å². The van der Waals surface area contributed by atoms with E-state index < -0.39 is 0 Å². The Hall–Kier alpha value is -1.24. The molecule has 0 unspecified atom stereocenters. The normalized spacial score (nSPS) is 11.9. The van der Waals surface area contributed by atoms with E-state index in [1.54, 1.807) is 11.3 Å². The molecular formula is C12H19N5S. The van der Waals surface area contributed by atoms with Crippen molar-refractivity contribution in [3.8, 4) is 0 Å². The molecule has 6 heteroatoms. The fraction of sp³-hybridized carbons (Fsp3) is 0.500. The lowest BCUT2D eigenvalue weighted by Gasteiger charge is -2.23. The molecular weight excluding hydrogens is 246 g/mol. The van der Waals surface area contributed by atoms with Gasteiger partial charge in [0.15, 0.2) is 0 Å². The minimum atomic E-state index is -0.133. The first kappa shape index (κ1) is 13.2. The average Bonchev–Trinajstić information content (AvgIpc) is 2.98. The van der Waals surface area contributed by atoms with E-state index in [0.29, 0.717) is 6.54 Å². The highest BCUT2D eigenvalue weighted by Crippen LogP contribution is 2.22. The second-order valence-electron chi connectivity index (χ2n) is 4.71. The molecule has 0 atom stereocenters. The number of aromatic nitrogens is 3. The fourth-order valence-corrected chi connectivity index (χ4v) is 2.43. The Morgan fingerprint density at radius 1 is 1.44 bits per heavy atom. The minimum absolute atomic E-state index is 0.133. The van der Waals surface area contributed by atoms with Crippen LogP contribution in [0.3, 0.4) is 0 Å². The monoisotopic (exact) mass is 265 g/mol. The van der Waals surface area contributed by atoms with Crippen LogP contribution in [-0.2, 0) is 18.6 Å². The molecule has 5 nitrogen and oxygen atoms in total. The highest BCUT2D eigenvalue weighted by molar-refractivity contribution is 7.09. The van der Waals surface area contributed by atoms with Gasteiger partial charge in [-0.3, -0.25) is 0 Å². The number of nitrogens with one attached hydrogen (secondary N) is 1. The molecule has 0 saturated carbocycles. The maximum Gasteiger partial charge on any atom is 0.112 e. The highest BCUT2D eigenvalue weighted by Gasteiger charge is 2.22. The molecule has 0 spiro atoms. The largest absolute Gasteiger partial charge is 0.336 e. The summed E-state index contributed by atoms with van der Waals surface area (Å²) in [5.41, 5.74) is 6.39. The Kier molecular flexibility index (Phi) is 4.11. The summed E-state index contributed by atoms with van der Waals surface area (Å²) in [6.07, 6.45) is 5.68. The topological polar surface area (TPSA) is 68.8 Å².